The summed E-state index contributed by atoms with van der Waals surface area (Å²) in [6.45, 7) is 2.25. The number of hydrogen-bond donors (Lipinski definition) is 1. The highest BCUT2D eigenvalue weighted by atomic mass is 15.0. The van der Waals surface area contributed by atoms with E-state index >= 15 is 0 Å². The van der Waals surface area contributed by atoms with E-state index in [1.54, 1.807) is 0 Å². The molecule has 0 amide bonds. The molecule has 1 aromatic rings. The van der Waals surface area contributed by atoms with Crippen molar-refractivity contribution in [2.75, 3.05) is 0 Å². The first kappa shape index (κ1) is 9.71. The molecule has 1 aliphatic carbocycles. The van der Waals surface area contributed by atoms with Crippen LogP contribution < -0.4 is 5.73 Å². The quantitative estimate of drug-likeness (QED) is 0.796. The van der Waals surface area contributed by atoms with E-state index in [0.29, 0.717) is 5.92 Å². The minimum absolute atomic E-state index is 0.113. The molecule has 3 nitrogen and oxygen atoms in total. The lowest BCUT2D eigenvalue weighted by Crippen LogP contribution is -2.29. The predicted octanol–water partition coefficient (Wildman–Crippen LogP) is 1.86. The Bertz CT molecular complexity index is 301. The second-order valence-electron chi connectivity index (χ2n) is 4.54. The van der Waals surface area contributed by atoms with Crippen molar-refractivity contribution < 1.29 is 0 Å². The summed E-state index contributed by atoms with van der Waals surface area (Å²) in [4.78, 5) is 4.32. The summed E-state index contributed by atoms with van der Waals surface area (Å²) in [5.74, 6) is 1.39. The van der Waals surface area contributed by atoms with E-state index in [0.717, 1.165) is 11.6 Å². The molecule has 1 heterocycles. The fraction of sp³-hybridized carbons (Fsp3) is 0.727. The standard InChI is InChI=1S/C11H19N3/c1-8(9-4-3-5-9)11(12)10-6-14(2)7-13-10/h6-9,11H,3-5,12H2,1-2H3. The van der Waals surface area contributed by atoms with Gasteiger partial charge >= 0.3 is 0 Å². The van der Waals surface area contributed by atoms with E-state index in [1.807, 2.05) is 24.1 Å². The van der Waals surface area contributed by atoms with Crippen LogP contribution in [0.5, 0.6) is 0 Å². The molecular weight excluding hydrogens is 174 g/mol. The zero-order chi connectivity index (χ0) is 10.1. The SMILES string of the molecule is CC(C1CCC1)C(N)c1cn(C)cn1. The van der Waals surface area contributed by atoms with Crippen molar-refractivity contribution in [1.82, 2.24) is 9.55 Å². The highest BCUT2D eigenvalue weighted by molar-refractivity contribution is 5.05. The first-order valence-electron chi connectivity index (χ1n) is 5.42. The first-order valence-corrected chi connectivity index (χ1v) is 5.42. The van der Waals surface area contributed by atoms with Crippen LogP contribution in [0, 0.1) is 11.8 Å². The molecule has 0 aliphatic heterocycles. The molecule has 2 atom stereocenters. The topological polar surface area (TPSA) is 43.8 Å². The summed E-state index contributed by atoms with van der Waals surface area (Å²) in [7, 11) is 1.98. The molecule has 0 bridgehead atoms. The van der Waals surface area contributed by atoms with Crippen molar-refractivity contribution in [3.8, 4) is 0 Å². The summed E-state index contributed by atoms with van der Waals surface area (Å²) >= 11 is 0. The van der Waals surface area contributed by atoms with Crippen LogP contribution in [-0.4, -0.2) is 9.55 Å². The summed E-state index contributed by atoms with van der Waals surface area (Å²) in [6, 6.07) is 0.113. The Balaban J connectivity index is 2.03. The Morgan fingerprint density at radius 2 is 2.29 bits per heavy atom. The van der Waals surface area contributed by atoms with Crippen LogP contribution in [0.15, 0.2) is 12.5 Å². The highest BCUT2D eigenvalue weighted by Crippen LogP contribution is 2.38. The first-order chi connectivity index (χ1) is 6.68. The molecular formula is C11H19N3. The summed E-state index contributed by atoms with van der Waals surface area (Å²) in [6.07, 6.45) is 7.93. The van der Waals surface area contributed by atoms with Crippen LogP contribution in [0.2, 0.25) is 0 Å². The van der Waals surface area contributed by atoms with Gasteiger partial charge in [0.05, 0.1) is 18.1 Å². The van der Waals surface area contributed by atoms with Gasteiger partial charge in [0.25, 0.3) is 0 Å². The zero-order valence-corrected chi connectivity index (χ0v) is 8.98. The number of nitrogens with two attached hydrogens (primary N) is 1. The molecule has 14 heavy (non-hydrogen) atoms. The van der Waals surface area contributed by atoms with Gasteiger partial charge in [0, 0.05) is 13.2 Å². The van der Waals surface area contributed by atoms with Crippen LogP contribution in [-0.2, 0) is 7.05 Å². The fourth-order valence-electron chi connectivity index (χ4n) is 2.13. The zero-order valence-electron chi connectivity index (χ0n) is 8.98. The van der Waals surface area contributed by atoms with Crippen molar-refractivity contribution >= 4 is 0 Å². The van der Waals surface area contributed by atoms with Crippen LogP contribution in [0.25, 0.3) is 0 Å². The van der Waals surface area contributed by atoms with Gasteiger partial charge in [-0.15, -0.1) is 0 Å². The number of aromatic nitrogens is 2. The Labute approximate surface area is 85.3 Å². The Kier molecular flexibility index (Phi) is 2.59. The van der Waals surface area contributed by atoms with E-state index in [-0.39, 0.29) is 6.04 Å². The highest BCUT2D eigenvalue weighted by Gasteiger charge is 2.29. The predicted molar refractivity (Wildman–Crippen MR) is 56.6 cm³/mol. The van der Waals surface area contributed by atoms with Crippen molar-refractivity contribution in [2.45, 2.75) is 32.2 Å². The Morgan fingerprint density at radius 1 is 1.57 bits per heavy atom. The third-order valence-corrected chi connectivity index (χ3v) is 3.53. The van der Waals surface area contributed by atoms with Crippen molar-refractivity contribution in [1.29, 1.82) is 0 Å². The van der Waals surface area contributed by atoms with Gasteiger partial charge in [0.2, 0.25) is 0 Å². The number of aryl methyl sites for hydroxylation is 1. The molecule has 2 rings (SSSR count). The smallest absolute Gasteiger partial charge is 0.0947 e. The molecule has 2 unspecified atom stereocenters. The molecule has 1 aromatic heterocycles. The molecule has 0 saturated heterocycles. The molecule has 0 spiro atoms. The molecule has 0 radical (unpaired) electrons. The van der Waals surface area contributed by atoms with E-state index < -0.39 is 0 Å². The lowest BCUT2D eigenvalue weighted by atomic mass is 9.73. The number of rotatable bonds is 3. The number of nitrogens with zero attached hydrogens (tertiary/aromatic N) is 2. The largest absolute Gasteiger partial charge is 0.340 e. The van der Waals surface area contributed by atoms with Crippen LogP contribution in [0.1, 0.15) is 37.9 Å². The molecule has 3 heteroatoms. The molecule has 1 saturated carbocycles. The monoisotopic (exact) mass is 193 g/mol. The number of hydrogen-bond acceptors (Lipinski definition) is 2. The second-order valence-corrected chi connectivity index (χ2v) is 4.54. The molecule has 0 aromatic carbocycles. The lowest BCUT2D eigenvalue weighted by molar-refractivity contribution is 0.192. The van der Waals surface area contributed by atoms with Crippen LogP contribution in [0.4, 0.5) is 0 Å². The maximum absolute atomic E-state index is 6.19. The van der Waals surface area contributed by atoms with Gasteiger partial charge in [-0.1, -0.05) is 26.2 Å². The minimum Gasteiger partial charge on any atom is -0.340 e. The van der Waals surface area contributed by atoms with Crippen molar-refractivity contribution in [3.63, 3.8) is 0 Å². The second kappa shape index (κ2) is 3.73. The number of imidazole rings is 1. The molecule has 1 fully saturated rings. The van der Waals surface area contributed by atoms with Gasteiger partial charge in [0.15, 0.2) is 0 Å². The maximum Gasteiger partial charge on any atom is 0.0947 e. The lowest BCUT2D eigenvalue weighted by Gasteiger charge is -2.34. The van der Waals surface area contributed by atoms with Crippen LogP contribution in [0.3, 0.4) is 0 Å². The average molecular weight is 193 g/mol. The summed E-state index contributed by atoms with van der Waals surface area (Å²) in [5.41, 5.74) is 7.22. The van der Waals surface area contributed by atoms with E-state index in [1.165, 1.54) is 19.3 Å². The molecule has 1 aliphatic rings. The van der Waals surface area contributed by atoms with E-state index in [4.69, 9.17) is 5.73 Å². The Morgan fingerprint density at radius 3 is 2.71 bits per heavy atom. The fourth-order valence-corrected chi connectivity index (χ4v) is 2.13. The third kappa shape index (κ3) is 1.69. The minimum atomic E-state index is 0.113. The average Bonchev–Trinajstić information content (AvgIpc) is 2.47. The molecule has 2 N–H and O–H groups in total. The van der Waals surface area contributed by atoms with Crippen LogP contribution >= 0.6 is 0 Å². The van der Waals surface area contributed by atoms with E-state index in [9.17, 15) is 0 Å². The van der Waals surface area contributed by atoms with Crippen molar-refractivity contribution in [2.24, 2.45) is 24.6 Å². The van der Waals surface area contributed by atoms with Gasteiger partial charge in [-0.2, -0.15) is 0 Å². The van der Waals surface area contributed by atoms with E-state index in [2.05, 4.69) is 11.9 Å². The van der Waals surface area contributed by atoms with Gasteiger partial charge in [-0.05, 0) is 11.8 Å². The van der Waals surface area contributed by atoms with Gasteiger partial charge in [0.1, 0.15) is 0 Å². The normalized spacial score (nSPS) is 21.6. The van der Waals surface area contributed by atoms with Gasteiger partial charge < -0.3 is 10.3 Å². The summed E-state index contributed by atoms with van der Waals surface area (Å²) < 4.78 is 1.96. The molecule has 78 valence electrons. The summed E-state index contributed by atoms with van der Waals surface area (Å²) in [5, 5.41) is 0. The van der Waals surface area contributed by atoms with Gasteiger partial charge in [-0.25, -0.2) is 4.98 Å². The maximum atomic E-state index is 6.19. The third-order valence-electron chi connectivity index (χ3n) is 3.53. The van der Waals surface area contributed by atoms with Gasteiger partial charge in [-0.3, -0.25) is 0 Å². The van der Waals surface area contributed by atoms with Crippen molar-refractivity contribution in [3.05, 3.63) is 18.2 Å². The Hall–Kier alpha value is -0.830.